The van der Waals surface area contributed by atoms with Gasteiger partial charge in [-0.25, -0.2) is 0 Å². The fraction of sp³-hybridized carbons (Fsp3) is 0.333. The molecule has 0 radical (unpaired) electrons. The number of methoxy groups -OCH3 is 2. The first-order valence-corrected chi connectivity index (χ1v) is 8.87. The monoisotopic (exact) mass is 349 g/mol. The Bertz CT molecular complexity index is 685. The van der Waals surface area contributed by atoms with E-state index in [9.17, 15) is 0 Å². The second-order valence-corrected chi connectivity index (χ2v) is 6.66. The van der Waals surface area contributed by atoms with Crippen molar-refractivity contribution in [2.24, 2.45) is 0 Å². The standard InChI is InChI=1S/C18H20ClNO2S/c1-21-15-11-13-6-9-20(8-4-7-19)18(17-5-3-10-23-17)14(13)12-16(15)22-2/h3-5,7,10-12,18H,6,8-9H2,1-2H3. The minimum Gasteiger partial charge on any atom is -0.493 e. The Kier molecular flexibility index (Phi) is 5.26. The van der Waals surface area contributed by atoms with Gasteiger partial charge in [-0.1, -0.05) is 23.7 Å². The molecule has 1 atom stereocenters. The third-order valence-corrected chi connectivity index (χ3v) is 5.32. The molecule has 23 heavy (non-hydrogen) atoms. The van der Waals surface area contributed by atoms with E-state index in [-0.39, 0.29) is 6.04 Å². The molecule has 5 heteroatoms. The summed E-state index contributed by atoms with van der Waals surface area (Å²) in [4.78, 5) is 3.78. The highest BCUT2D eigenvalue weighted by Crippen LogP contribution is 2.42. The van der Waals surface area contributed by atoms with Crippen molar-refractivity contribution < 1.29 is 9.47 Å². The normalized spacial score (nSPS) is 18.1. The quantitative estimate of drug-likeness (QED) is 0.795. The summed E-state index contributed by atoms with van der Waals surface area (Å²) in [6.07, 6.45) is 2.99. The highest BCUT2D eigenvalue weighted by atomic mass is 35.5. The Hall–Kier alpha value is -1.49. The van der Waals surface area contributed by atoms with Crippen molar-refractivity contribution in [1.82, 2.24) is 4.90 Å². The summed E-state index contributed by atoms with van der Waals surface area (Å²) < 4.78 is 11.0. The molecular formula is C18H20ClNO2S. The topological polar surface area (TPSA) is 21.7 Å². The van der Waals surface area contributed by atoms with Gasteiger partial charge < -0.3 is 9.47 Å². The number of nitrogens with zero attached hydrogens (tertiary/aromatic N) is 1. The molecule has 1 aromatic carbocycles. The SMILES string of the molecule is COc1cc2c(cc1OC)C(c1cccs1)N(CC=CCl)CC2. The molecule has 0 spiro atoms. The third kappa shape index (κ3) is 3.25. The van der Waals surface area contributed by atoms with Gasteiger partial charge in [0.15, 0.2) is 11.5 Å². The van der Waals surface area contributed by atoms with Crippen LogP contribution >= 0.6 is 22.9 Å². The zero-order chi connectivity index (χ0) is 16.2. The Morgan fingerprint density at radius 1 is 1.30 bits per heavy atom. The summed E-state index contributed by atoms with van der Waals surface area (Å²) in [6.45, 7) is 1.83. The first-order chi connectivity index (χ1) is 11.3. The number of benzene rings is 1. The van der Waals surface area contributed by atoms with Gasteiger partial charge in [-0.3, -0.25) is 4.90 Å². The number of hydrogen-bond donors (Lipinski definition) is 0. The summed E-state index contributed by atoms with van der Waals surface area (Å²) in [7, 11) is 3.36. The van der Waals surface area contributed by atoms with Gasteiger partial charge in [0.25, 0.3) is 0 Å². The van der Waals surface area contributed by atoms with Crippen molar-refractivity contribution in [2.45, 2.75) is 12.5 Å². The van der Waals surface area contributed by atoms with E-state index in [1.54, 1.807) is 31.1 Å². The van der Waals surface area contributed by atoms with E-state index in [2.05, 4.69) is 34.5 Å². The maximum atomic E-state index is 5.74. The van der Waals surface area contributed by atoms with Crippen LogP contribution in [0.25, 0.3) is 0 Å². The molecule has 2 aromatic rings. The average molecular weight is 350 g/mol. The number of halogens is 1. The summed E-state index contributed by atoms with van der Waals surface area (Å²) in [5.41, 5.74) is 4.21. The van der Waals surface area contributed by atoms with E-state index in [1.807, 2.05) is 6.08 Å². The molecule has 3 nitrogen and oxygen atoms in total. The van der Waals surface area contributed by atoms with Crippen molar-refractivity contribution >= 4 is 22.9 Å². The third-order valence-electron chi connectivity index (χ3n) is 4.22. The van der Waals surface area contributed by atoms with Crippen LogP contribution in [0.2, 0.25) is 0 Å². The molecule has 1 aliphatic rings. The van der Waals surface area contributed by atoms with Gasteiger partial charge >= 0.3 is 0 Å². The number of fused-ring (bicyclic) bond motifs is 1. The van der Waals surface area contributed by atoms with E-state index >= 15 is 0 Å². The van der Waals surface area contributed by atoms with E-state index in [0.717, 1.165) is 31.0 Å². The summed E-state index contributed by atoms with van der Waals surface area (Å²) in [5, 5.41) is 2.12. The molecule has 2 heterocycles. The summed E-state index contributed by atoms with van der Waals surface area (Å²) >= 11 is 7.52. The predicted molar refractivity (Wildman–Crippen MR) is 96.0 cm³/mol. The van der Waals surface area contributed by atoms with Crippen LogP contribution in [0.1, 0.15) is 22.0 Å². The lowest BCUT2D eigenvalue weighted by Gasteiger charge is -2.36. The first kappa shape index (κ1) is 16.4. The van der Waals surface area contributed by atoms with Gasteiger partial charge in [-0.05, 0) is 41.1 Å². The van der Waals surface area contributed by atoms with Crippen LogP contribution in [-0.2, 0) is 6.42 Å². The molecule has 0 bridgehead atoms. The minimum absolute atomic E-state index is 0.228. The molecule has 0 saturated heterocycles. The van der Waals surface area contributed by atoms with Crippen molar-refractivity contribution in [3.63, 3.8) is 0 Å². The van der Waals surface area contributed by atoms with Crippen molar-refractivity contribution in [2.75, 3.05) is 27.3 Å². The molecule has 1 unspecified atom stereocenters. The molecule has 0 fully saturated rings. The van der Waals surface area contributed by atoms with Crippen molar-refractivity contribution in [1.29, 1.82) is 0 Å². The number of hydrogen-bond acceptors (Lipinski definition) is 4. The fourth-order valence-corrected chi connectivity index (χ4v) is 4.11. The summed E-state index contributed by atoms with van der Waals surface area (Å²) in [6, 6.07) is 8.76. The van der Waals surface area contributed by atoms with E-state index in [4.69, 9.17) is 21.1 Å². The lowest BCUT2D eigenvalue weighted by molar-refractivity contribution is 0.238. The second-order valence-electron chi connectivity index (χ2n) is 5.43. The van der Waals surface area contributed by atoms with Crippen LogP contribution in [0, 0.1) is 0 Å². The van der Waals surface area contributed by atoms with Gasteiger partial charge in [0.1, 0.15) is 0 Å². The summed E-state index contributed by atoms with van der Waals surface area (Å²) in [5.74, 6) is 1.58. The van der Waals surface area contributed by atoms with Crippen LogP contribution in [0.3, 0.4) is 0 Å². The molecule has 3 rings (SSSR count). The van der Waals surface area contributed by atoms with E-state index < -0.39 is 0 Å². The molecular weight excluding hydrogens is 330 g/mol. The molecule has 1 aliphatic heterocycles. The van der Waals surface area contributed by atoms with Gasteiger partial charge in [0.05, 0.1) is 20.3 Å². The lowest BCUT2D eigenvalue weighted by atomic mass is 9.91. The molecule has 122 valence electrons. The molecule has 0 amide bonds. The number of ether oxygens (including phenoxy) is 2. The largest absolute Gasteiger partial charge is 0.493 e. The van der Waals surface area contributed by atoms with Crippen LogP contribution < -0.4 is 9.47 Å². The maximum Gasteiger partial charge on any atom is 0.161 e. The van der Waals surface area contributed by atoms with Gasteiger partial charge in [-0.15, -0.1) is 11.3 Å². The van der Waals surface area contributed by atoms with Crippen molar-refractivity contribution in [3.8, 4) is 11.5 Å². The molecule has 0 aliphatic carbocycles. The van der Waals surface area contributed by atoms with Crippen LogP contribution in [0.15, 0.2) is 41.3 Å². The maximum absolute atomic E-state index is 5.74. The van der Waals surface area contributed by atoms with Gasteiger partial charge in [0, 0.05) is 23.5 Å². The van der Waals surface area contributed by atoms with Gasteiger partial charge in [0.2, 0.25) is 0 Å². The van der Waals surface area contributed by atoms with Crippen molar-refractivity contribution in [3.05, 3.63) is 57.3 Å². The van der Waals surface area contributed by atoms with E-state index in [1.165, 1.54) is 16.0 Å². The molecule has 0 N–H and O–H groups in total. The smallest absolute Gasteiger partial charge is 0.161 e. The number of rotatable bonds is 5. The number of thiophene rings is 1. The van der Waals surface area contributed by atoms with Crippen LogP contribution in [0.5, 0.6) is 11.5 Å². The van der Waals surface area contributed by atoms with E-state index in [0.29, 0.717) is 0 Å². The minimum atomic E-state index is 0.228. The van der Waals surface area contributed by atoms with Gasteiger partial charge in [-0.2, -0.15) is 0 Å². The van der Waals surface area contributed by atoms with Crippen LogP contribution in [0.4, 0.5) is 0 Å². The fourth-order valence-electron chi connectivity index (χ4n) is 3.15. The Labute approximate surface area is 146 Å². The second kappa shape index (κ2) is 7.39. The highest BCUT2D eigenvalue weighted by Gasteiger charge is 2.30. The first-order valence-electron chi connectivity index (χ1n) is 7.56. The highest BCUT2D eigenvalue weighted by molar-refractivity contribution is 7.10. The van der Waals surface area contributed by atoms with Crippen LogP contribution in [-0.4, -0.2) is 32.2 Å². The molecule has 1 aromatic heterocycles. The Morgan fingerprint density at radius 2 is 2.09 bits per heavy atom. The lowest BCUT2D eigenvalue weighted by Crippen LogP contribution is -2.35. The predicted octanol–water partition coefficient (Wildman–Crippen LogP) is 4.47. The zero-order valence-electron chi connectivity index (χ0n) is 13.3. The zero-order valence-corrected chi connectivity index (χ0v) is 14.9. The average Bonchev–Trinajstić information content (AvgIpc) is 3.12. The Morgan fingerprint density at radius 3 is 2.74 bits per heavy atom. The Balaban J connectivity index is 2.08. The molecule has 0 saturated carbocycles.